The quantitative estimate of drug-likeness (QED) is 0.466. The van der Waals surface area contributed by atoms with Crippen molar-refractivity contribution in [1.29, 1.82) is 0 Å². The van der Waals surface area contributed by atoms with Crippen molar-refractivity contribution in [2.24, 2.45) is 0 Å². The predicted octanol–water partition coefficient (Wildman–Crippen LogP) is 2.86. The molecule has 0 aromatic heterocycles. The number of carbonyl (C=O) groups is 1. The van der Waals surface area contributed by atoms with Crippen molar-refractivity contribution in [3.05, 3.63) is 54.1 Å². The van der Waals surface area contributed by atoms with E-state index in [2.05, 4.69) is 10.6 Å². The Balaban J connectivity index is 1.90. The number of methoxy groups -OCH3 is 2. The molecule has 0 heterocycles. The third-order valence-corrected chi connectivity index (χ3v) is 3.78. The molecule has 7 nitrogen and oxygen atoms in total. The molecule has 28 heavy (non-hydrogen) atoms. The van der Waals surface area contributed by atoms with Gasteiger partial charge < -0.3 is 24.3 Å². The molecule has 150 valence electrons. The minimum atomic E-state index is -0.356. The van der Waals surface area contributed by atoms with Crippen LogP contribution in [0.3, 0.4) is 0 Å². The summed E-state index contributed by atoms with van der Waals surface area (Å²) >= 11 is 5.23. The van der Waals surface area contributed by atoms with Crippen LogP contribution < -0.4 is 20.1 Å². The first kappa shape index (κ1) is 21.6. The molecule has 0 aliphatic carbocycles. The zero-order chi connectivity index (χ0) is 20.2. The van der Waals surface area contributed by atoms with Gasteiger partial charge in [0.05, 0.1) is 18.8 Å². The van der Waals surface area contributed by atoms with Crippen LogP contribution in [0.25, 0.3) is 0 Å². The summed E-state index contributed by atoms with van der Waals surface area (Å²) in [7, 11) is 3.21. The number of benzene rings is 2. The minimum absolute atomic E-state index is 0.185. The van der Waals surface area contributed by atoms with Gasteiger partial charge in [-0.1, -0.05) is 12.1 Å². The van der Waals surface area contributed by atoms with Crippen LogP contribution in [-0.2, 0) is 9.47 Å². The molecule has 0 saturated carbocycles. The topological polar surface area (TPSA) is 78.1 Å². The Morgan fingerprint density at radius 2 is 1.54 bits per heavy atom. The second-order valence-corrected chi connectivity index (χ2v) is 6.02. The van der Waals surface area contributed by atoms with E-state index in [1.165, 1.54) is 0 Å². The van der Waals surface area contributed by atoms with Crippen molar-refractivity contribution in [2.75, 3.05) is 46.0 Å². The van der Waals surface area contributed by atoms with Crippen LogP contribution in [0.1, 0.15) is 10.4 Å². The monoisotopic (exact) mass is 404 g/mol. The number of carbonyl (C=O) groups excluding carboxylic acids is 1. The highest BCUT2D eigenvalue weighted by Crippen LogP contribution is 2.18. The number of rotatable bonds is 10. The maximum atomic E-state index is 12.5. The lowest BCUT2D eigenvalue weighted by Gasteiger charge is -2.13. The van der Waals surface area contributed by atoms with E-state index in [9.17, 15) is 4.79 Å². The fraction of sp³-hybridized carbons (Fsp3) is 0.300. The molecule has 0 unspecified atom stereocenters. The number of hydrogen-bond donors (Lipinski definition) is 2. The molecule has 0 bridgehead atoms. The third-order valence-electron chi connectivity index (χ3n) is 3.57. The highest BCUT2D eigenvalue weighted by atomic mass is 32.1. The highest BCUT2D eigenvalue weighted by Gasteiger charge is 2.13. The molecule has 0 atom stereocenters. The molecule has 0 radical (unpaired) electrons. The van der Waals surface area contributed by atoms with E-state index in [0.29, 0.717) is 37.7 Å². The Bertz CT molecular complexity index is 767. The average Bonchev–Trinajstić information content (AvgIpc) is 2.70. The maximum absolute atomic E-state index is 12.5. The van der Waals surface area contributed by atoms with E-state index in [4.69, 9.17) is 31.2 Å². The van der Waals surface area contributed by atoms with Gasteiger partial charge in [0, 0.05) is 19.9 Å². The molecule has 2 aromatic rings. The Hall–Kier alpha value is -2.68. The first-order valence-electron chi connectivity index (χ1n) is 8.69. The van der Waals surface area contributed by atoms with Gasteiger partial charge in [0.2, 0.25) is 0 Å². The zero-order valence-electron chi connectivity index (χ0n) is 15.9. The van der Waals surface area contributed by atoms with Gasteiger partial charge in [-0.2, -0.15) is 0 Å². The van der Waals surface area contributed by atoms with E-state index >= 15 is 0 Å². The van der Waals surface area contributed by atoms with Crippen molar-refractivity contribution in [3.63, 3.8) is 0 Å². The van der Waals surface area contributed by atoms with Crippen molar-refractivity contribution in [2.45, 2.75) is 0 Å². The number of thiocarbonyl (C=S) groups is 1. The van der Waals surface area contributed by atoms with Crippen LogP contribution >= 0.6 is 12.2 Å². The smallest absolute Gasteiger partial charge is 0.261 e. The number of anilines is 1. The second-order valence-electron chi connectivity index (χ2n) is 5.61. The zero-order valence-corrected chi connectivity index (χ0v) is 16.7. The maximum Gasteiger partial charge on any atom is 0.261 e. The standard InChI is InChI=1S/C20H24N2O5S/c1-24-11-13-26-16-9-7-15(8-10-16)21-20(28)22-19(23)17-5-3-4-6-18(17)27-14-12-25-2/h3-10H,11-14H2,1-2H3,(H2,21,22,23,28). The average molecular weight is 404 g/mol. The predicted molar refractivity (Wildman–Crippen MR) is 111 cm³/mol. The van der Waals surface area contributed by atoms with Crippen LogP contribution in [0.4, 0.5) is 5.69 Å². The second kappa shape index (κ2) is 11.9. The van der Waals surface area contributed by atoms with Crippen molar-refractivity contribution >= 4 is 28.9 Å². The van der Waals surface area contributed by atoms with Gasteiger partial charge in [-0.15, -0.1) is 0 Å². The molecule has 1 amide bonds. The third kappa shape index (κ3) is 7.15. The molecule has 0 aliphatic rings. The molecule has 0 fully saturated rings. The van der Waals surface area contributed by atoms with Gasteiger partial charge in [-0.25, -0.2) is 0 Å². The number of para-hydroxylation sites is 1. The van der Waals surface area contributed by atoms with Crippen molar-refractivity contribution in [1.82, 2.24) is 5.32 Å². The van der Waals surface area contributed by atoms with Crippen molar-refractivity contribution in [3.8, 4) is 11.5 Å². The highest BCUT2D eigenvalue weighted by molar-refractivity contribution is 7.80. The summed E-state index contributed by atoms with van der Waals surface area (Å²) in [6, 6.07) is 14.2. The van der Waals surface area contributed by atoms with Crippen LogP contribution in [0, 0.1) is 0 Å². The molecular weight excluding hydrogens is 380 g/mol. The van der Waals surface area contributed by atoms with Gasteiger partial charge in [-0.3, -0.25) is 10.1 Å². The van der Waals surface area contributed by atoms with Gasteiger partial charge in [0.25, 0.3) is 5.91 Å². The summed E-state index contributed by atoms with van der Waals surface area (Å²) in [6.45, 7) is 1.78. The van der Waals surface area contributed by atoms with E-state index in [-0.39, 0.29) is 11.0 Å². The Kier molecular flexibility index (Phi) is 9.20. The number of ether oxygens (including phenoxy) is 4. The van der Waals surface area contributed by atoms with E-state index in [0.717, 1.165) is 11.4 Å². The van der Waals surface area contributed by atoms with E-state index in [1.807, 2.05) is 12.1 Å². The molecular formula is C20H24N2O5S. The van der Waals surface area contributed by atoms with Gasteiger partial charge in [-0.05, 0) is 48.6 Å². The van der Waals surface area contributed by atoms with Crippen molar-refractivity contribution < 1.29 is 23.7 Å². The van der Waals surface area contributed by atoms with Gasteiger partial charge in [0.15, 0.2) is 5.11 Å². The summed E-state index contributed by atoms with van der Waals surface area (Å²) in [4.78, 5) is 12.5. The number of hydrogen-bond acceptors (Lipinski definition) is 6. The Labute approximate surface area is 169 Å². The minimum Gasteiger partial charge on any atom is -0.491 e. The summed E-state index contributed by atoms with van der Waals surface area (Å²) in [5.41, 5.74) is 1.12. The SMILES string of the molecule is COCCOc1ccc(NC(=S)NC(=O)c2ccccc2OCCOC)cc1. The van der Waals surface area contributed by atoms with Crippen LogP contribution in [-0.4, -0.2) is 51.7 Å². The molecule has 0 aliphatic heterocycles. The van der Waals surface area contributed by atoms with Crippen LogP contribution in [0.15, 0.2) is 48.5 Å². The molecule has 2 N–H and O–H groups in total. The summed E-state index contributed by atoms with van der Waals surface area (Å²) in [5, 5.41) is 5.81. The van der Waals surface area contributed by atoms with E-state index in [1.54, 1.807) is 50.6 Å². The fourth-order valence-electron chi connectivity index (χ4n) is 2.23. The lowest BCUT2D eigenvalue weighted by atomic mass is 10.2. The molecule has 8 heteroatoms. The Morgan fingerprint density at radius 3 is 2.21 bits per heavy atom. The normalized spacial score (nSPS) is 10.2. The number of amides is 1. The fourth-order valence-corrected chi connectivity index (χ4v) is 2.44. The number of nitrogens with one attached hydrogen (secondary N) is 2. The van der Waals surface area contributed by atoms with E-state index < -0.39 is 0 Å². The first-order chi connectivity index (χ1) is 13.6. The van der Waals surface area contributed by atoms with Gasteiger partial charge >= 0.3 is 0 Å². The molecule has 0 saturated heterocycles. The molecule has 2 rings (SSSR count). The summed E-state index contributed by atoms with van der Waals surface area (Å²) in [6.07, 6.45) is 0. The molecule has 2 aromatic carbocycles. The summed E-state index contributed by atoms with van der Waals surface area (Å²) < 4.78 is 21.0. The Morgan fingerprint density at radius 1 is 0.893 bits per heavy atom. The van der Waals surface area contributed by atoms with Gasteiger partial charge in [0.1, 0.15) is 24.7 Å². The first-order valence-corrected chi connectivity index (χ1v) is 9.09. The summed E-state index contributed by atoms with van der Waals surface area (Å²) in [5.74, 6) is 0.835. The largest absolute Gasteiger partial charge is 0.491 e. The van der Waals surface area contributed by atoms with Crippen LogP contribution in [0.2, 0.25) is 0 Å². The van der Waals surface area contributed by atoms with Crippen LogP contribution in [0.5, 0.6) is 11.5 Å². The molecule has 0 spiro atoms. The lowest BCUT2D eigenvalue weighted by Crippen LogP contribution is -2.34. The lowest BCUT2D eigenvalue weighted by molar-refractivity contribution is 0.0970.